The Hall–Kier alpha value is -3.20. The van der Waals surface area contributed by atoms with Gasteiger partial charge in [-0.25, -0.2) is 4.98 Å². The zero-order chi connectivity index (χ0) is 24.2. The molecule has 3 heterocycles. The average Bonchev–Trinajstić information content (AvgIpc) is 3.25. The molecular formula is C25H31N5O3S. The third kappa shape index (κ3) is 4.70. The van der Waals surface area contributed by atoms with Crippen molar-refractivity contribution in [3.63, 3.8) is 0 Å². The number of carbonyl (C=O) groups is 2. The number of pyridine rings is 1. The van der Waals surface area contributed by atoms with Crippen molar-refractivity contribution in [2.45, 2.75) is 33.6 Å². The second-order valence-corrected chi connectivity index (χ2v) is 9.18. The number of anilines is 2. The first kappa shape index (κ1) is 23.9. The van der Waals surface area contributed by atoms with E-state index < -0.39 is 0 Å². The van der Waals surface area contributed by atoms with Gasteiger partial charge in [-0.2, -0.15) is 4.37 Å². The third-order valence-electron chi connectivity index (χ3n) is 6.47. The molecule has 1 aliphatic rings. The molecule has 1 saturated heterocycles. The molecule has 0 spiro atoms. The van der Waals surface area contributed by atoms with E-state index in [0.717, 1.165) is 33.0 Å². The van der Waals surface area contributed by atoms with Crippen LogP contribution < -0.4 is 15.0 Å². The SMILES string of the molecule is CCN(CC)C(=O)c1cnc2snc(C)c2c1N1CCC(C(=O)Nc2ccc(OC)cc2)CC1. The highest BCUT2D eigenvalue weighted by molar-refractivity contribution is 7.13. The molecule has 1 aromatic carbocycles. The summed E-state index contributed by atoms with van der Waals surface area (Å²) < 4.78 is 9.67. The number of hydrogen-bond acceptors (Lipinski definition) is 7. The Morgan fingerprint density at radius 1 is 1.18 bits per heavy atom. The van der Waals surface area contributed by atoms with Crippen LogP contribution in [0.25, 0.3) is 10.2 Å². The minimum absolute atomic E-state index is 0.0145. The highest BCUT2D eigenvalue weighted by atomic mass is 32.1. The normalized spacial score (nSPS) is 14.3. The van der Waals surface area contributed by atoms with Gasteiger partial charge in [-0.3, -0.25) is 9.59 Å². The fourth-order valence-corrected chi connectivity index (χ4v) is 5.24. The van der Waals surface area contributed by atoms with Crippen LogP contribution in [0, 0.1) is 12.8 Å². The Balaban J connectivity index is 1.54. The van der Waals surface area contributed by atoms with Crippen LogP contribution in [-0.2, 0) is 4.79 Å². The number of ether oxygens (including phenoxy) is 1. The minimum atomic E-state index is -0.0840. The highest BCUT2D eigenvalue weighted by Gasteiger charge is 2.30. The van der Waals surface area contributed by atoms with Crippen LogP contribution in [0.4, 0.5) is 11.4 Å². The standard InChI is InChI=1S/C25H31N5O3S/c1-5-29(6-2)25(32)20-15-26-24-21(16(3)28-34-24)22(20)30-13-11-17(12-14-30)23(31)27-18-7-9-19(33-4)10-8-18/h7-10,15,17H,5-6,11-14H2,1-4H3,(H,27,31). The van der Waals surface area contributed by atoms with Crippen LogP contribution in [0.1, 0.15) is 42.7 Å². The summed E-state index contributed by atoms with van der Waals surface area (Å²) in [6, 6.07) is 7.35. The second kappa shape index (κ2) is 10.4. The number of amides is 2. The smallest absolute Gasteiger partial charge is 0.257 e. The van der Waals surface area contributed by atoms with E-state index in [0.29, 0.717) is 44.6 Å². The van der Waals surface area contributed by atoms with Gasteiger partial charge in [0.05, 0.1) is 29.4 Å². The maximum atomic E-state index is 13.3. The monoisotopic (exact) mass is 481 g/mol. The van der Waals surface area contributed by atoms with Gasteiger partial charge in [0.25, 0.3) is 5.91 Å². The summed E-state index contributed by atoms with van der Waals surface area (Å²) in [7, 11) is 1.62. The summed E-state index contributed by atoms with van der Waals surface area (Å²) in [5.41, 5.74) is 3.16. The van der Waals surface area contributed by atoms with Crippen LogP contribution in [0.3, 0.4) is 0 Å². The predicted molar refractivity (Wildman–Crippen MR) is 136 cm³/mol. The molecule has 4 rings (SSSR count). The van der Waals surface area contributed by atoms with E-state index in [9.17, 15) is 9.59 Å². The van der Waals surface area contributed by atoms with Crippen LogP contribution in [0.2, 0.25) is 0 Å². The lowest BCUT2D eigenvalue weighted by Crippen LogP contribution is -2.40. The van der Waals surface area contributed by atoms with E-state index in [2.05, 4.69) is 19.6 Å². The second-order valence-electron chi connectivity index (χ2n) is 8.43. The number of methoxy groups -OCH3 is 1. The molecule has 1 aliphatic heterocycles. The number of carbonyl (C=O) groups excluding carboxylic acids is 2. The maximum absolute atomic E-state index is 13.3. The molecule has 8 nitrogen and oxygen atoms in total. The van der Waals surface area contributed by atoms with E-state index in [4.69, 9.17) is 4.74 Å². The molecule has 0 bridgehead atoms. The molecule has 1 fully saturated rings. The van der Waals surface area contributed by atoms with Crippen molar-refractivity contribution in [3.05, 3.63) is 41.7 Å². The summed E-state index contributed by atoms with van der Waals surface area (Å²) in [6.07, 6.45) is 3.11. The zero-order valence-electron chi connectivity index (χ0n) is 20.1. The first-order chi connectivity index (χ1) is 16.5. The van der Waals surface area contributed by atoms with E-state index in [1.807, 2.05) is 49.9 Å². The summed E-state index contributed by atoms with van der Waals surface area (Å²) in [5, 5.41) is 3.97. The molecule has 0 radical (unpaired) electrons. The molecule has 2 amide bonds. The van der Waals surface area contributed by atoms with Gasteiger partial charge in [-0.15, -0.1) is 0 Å². The van der Waals surface area contributed by atoms with Gasteiger partial charge in [0.2, 0.25) is 5.91 Å². The van der Waals surface area contributed by atoms with E-state index in [1.165, 1.54) is 11.5 Å². The molecule has 0 saturated carbocycles. The van der Waals surface area contributed by atoms with Gasteiger partial charge < -0.3 is 19.9 Å². The number of fused-ring (bicyclic) bond motifs is 1. The fourth-order valence-electron chi connectivity index (χ4n) is 4.49. The molecule has 0 unspecified atom stereocenters. The first-order valence-corrected chi connectivity index (χ1v) is 12.5. The van der Waals surface area contributed by atoms with Crippen molar-refractivity contribution in [3.8, 4) is 5.75 Å². The molecule has 2 aromatic heterocycles. The van der Waals surface area contributed by atoms with Crippen molar-refractivity contribution >= 4 is 44.9 Å². The number of aryl methyl sites for hydroxylation is 1. The Morgan fingerprint density at radius 2 is 1.85 bits per heavy atom. The summed E-state index contributed by atoms with van der Waals surface area (Å²) >= 11 is 1.36. The molecule has 1 N–H and O–H groups in total. The number of piperidine rings is 1. The molecule has 34 heavy (non-hydrogen) atoms. The Labute approximate surface area is 204 Å². The van der Waals surface area contributed by atoms with Crippen LogP contribution in [0.5, 0.6) is 5.75 Å². The number of aromatic nitrogens is 2. The maximum Gasteiger partial charge on any atom is 0.257 e. The third-order valence-corrected chi connectivity index (χ3v) is 7.32. The number of hydrogen-bond donors (Lipinski definition) is 1. The molecule has 0 aliphatic carbocycles. The van der Waals surface area contributed by atoms with Gasteiger partial charge in [-0.05, 0) is 69.4 Å². The van der Waals surface area contributed by atoms with Crippen molar-refractivity contribution in [2.75, 3.05) is 43.5 Å². The molecular weight excluding hydrogens is 450 g/mol. The lowest BCUT2D eigenvalue weighted by molar-refractivity contribution is -0.120. The topological polar surface area (TPSA) is 87.7 Å². The van der Waals surface area contributed by atoms with E-state index in [1.54, 1.807) is 13.3 Å². The molecule has 180 valence electrons. The molecule has 0 atom stereocenters. The van der Waals surface area contributed by atoms with Crippen molar-refractivity contribution in [1.82, 2.24) is 14.3 Å². The first-order valence-electron chi connectivity index (χ1n) is 11.7. The summed E-state index contributed by atoms with van der Waals surface area (Å²) in [5.74, 6) is 0.680. The van der Waals surface area contributed by atoms with Crippen molar-refractivity contribution < 1.29 is 14.3 Å². The lowest BCUT2D eigenvalue weighted by atomic mass is 9.94. The Bertz CT molecular complexity index is 1170. The number of rotatable bonds is 7. The average molecular weight is 482 g/mol. The summed E-state index contributed by atoms with van der Waals surface area (Å²) in [6.45, 7) is 8.59. The fraction of sp³-hybridized carbons (Fsp3) is 0.440. The Kier molecular flexibility index (Phi) is 7.31. The van der Waals surface area contributed by atoms with Gasteiger partial charge in [0, 0.05) is 44.0 Å². The van der Waals surface area contributed by atoms with Gasteiger partial charge >= 0.3 is 0 Å². The van der Waals surface area contributed by atoms with Crippen molar-refractivity contribution in [2.24, 2.45) is 5.92 Å². The van der Waals surface area contributed by atoms with Gasteiger partial charge in [0.1, 0.15) is 10.6 Å². The number of nitrogens with zero attached hydrogens (tertiary/aromatic N) is 4. The predicted octanol–water partition coefficient (Wildman–Crippen LogP) is 4.35. The van der Waals surface area contributed by atoms with E-state index in [-0.39, 0.29) is 17.7 Å². The van der Waals surface area contributed by atoms with Crippen LogP contribution >= 0.6 is 11.5 Å². The number of benzene rings is 1. The van der Waals surface area contributed by atoms with E-state index >= 15 is 0 Å². The quantitative estimate of drug-likeness (QED) is 0.540. The highest BCUT2D eigenvalue weighted by Crippen LogP contribution is 2.37. The van der Waals surface area contributed by atoms with Crippen molar-refractivity contribution in [1.29, 1.82) is 0 Å². The van der Waals surface area contributed by atoms with Crippen LogP contribution in [0.15, 0.2) is 30.5 Å². The largest absolute Gasteiger partial charge is 0.497 e. The summed E-state index contributed by atoms with van der Waals surface area (Å²) in [4.78, 5) is 35.7. The zero-order valence-corrected chi connectivity index (χ0v) is 20.9. The van der Waals surface area contributed by atoms with Gasteiger partial charge in [0.15, 0.2) is 0 Å². The molecule has 9 heteroatoms. The van der Waals surface area contributed by atoms with Gasteiger partial charge in [-0.1, -0.05) is 0 Å². The van der Waals surface area contributed by atoms with Crippen LogP contribution in [-0.4, -0.2) is 59.4 Å². The molecule has 3 aromatic rings. The number of nitrogens with one attached hydrogen (secondary N) is 1. The lowest BCUT2D eigenvalue weighted by Gasteiger charge is -2.35. The Morgan fingerprint density at radius 3 is 2.47 bits per heavy atom. The minimum Gasteiger partial charge on any atom is -0.497 e.